The topological polar surface area (TPSA) is 23.5 Å². The molecule has 0 heterocycles. The van der Waals surface area contributed by atoms with Crippen LogP contribution in [0.3, 0.4) is 0 Å². The van der Waals surface area contributed by atoms with Crippen LogP contribution in [-0.4, -0.2) is 24.8 Å². The van der Waals surface area contributed by atoms with Crippen LogP contribution < -0.4 is 4.90 Å². The van der Waals surface area contributed by atoms with Crippen LogP contribution in [-0.2, 0) is 0 Å². The minimum Gasteiger partial charge on any atom is -0.393 e. The van der Waals surface area contributed by atoms with Crippen LogP contribution in [0.4, 0.5) is 10.1 Å². The van der Waals surface area contributed by atoms with Crippen LogP contribution in [0.2, 0.25) is 0 Å². The zero-order chi connectivity index (χ0) is 13.1. The SMILES string of the molecule is CN(CC1CCC(O)CC1)c1cc(Br)ccc1F. The summed E-state index contributed by atoms with van der Waals surface area (Å²) in [5.74, 6) is 0.369. The van der Waals surface area contributed by atoms with E-state index in [1.54, 1.807) is 6.07 Å². The standard InChI is InChI=1S/C14H19BrFNO/c1-17(9-10-2-5-12(18)6-3-10)14-8-11(15)4-7-13(14)16/h4,7-8,10,12,18H,2-3,5-6,9H2,1H3. The zero-order valence-electron chi connectivity index (χ0n) is 10.6. The molecule has 0 atom stereocenters. The van der Waals surface area contributed by atoms with Crippen molar-refractivity contribution in [3.05, 3.63) is 28.5 Å². The molecule has 2 nitrogen and oxygen atoms in total. The second kappa shape index (κ2) is 6.02. The maximum Gasteiger partial charge on any atom is 0.146 e. The van der Waals surface area contributed by atoms with E-state index in [0.717, 1.165) is 36.7 Å². The first-order chi connectivity index (χ1) is 8.56. The summed E-state index contributed by atoms with van der Waals surface area (Å²) in [5, 5.41) is 9.48. The van der Waals surface area contributed by atoms with E-state index in [9.17, 15) is 9.50 Å². The smallest absolute Gasteiger partial charge is 0.146 e. The van der Waals surface area contributed by atoms with Gasteiger partial charge in [0.15, 0.2) is 0 Å². The molecule has 1 fully saturated rings. The average molecular weight is 316 g/mol. The van der Waals surface area contributed by atoms with Gasteiger partial charge in [-0.1, -0.05) is 15.9 Å². The van der Waals surface area contributed by atoms with Gasteiger partial charge in [-0.05, 0) is 49.8 Å². The van der Waals surface area contributed by atoms with Crippen LogP contribution in [0.15, 0.2) is 22.7 Å². The normalized spacial score (nSPS) is 24.0. The molecule has 0 saturated heterocycles. The van der Waals surface area contributed by atoms with Crippen molar-refractivity contribution in [2.75, 3.05) is 18.5 Å². The first-order valence-electron chi connectivity index (χ1n) is 6.40. The molecule has 1 saturated carbocycles. The van der Waals surface area contributed by atoms with E-state index in [-0.39, 0.29) is 11.9 Å². The molecule has 4 heteroatoms. The Bertz CT molecular complexity index is 405. The summed E-state index contributed by atoms with van der Waals surface area (Å²) >= 11 is 3.37. The third-order valence-corrected chi connectivity index (χ3v) is 4.16. The fraction of sp³-hybridized carbons (Fsp3) is 0.571. The van der Waals surface area contributed by atoms with Gasteiger partial charge in [0.25, 0.3) is 0 Å². The van der Waals surface area contributed by atoms with Crippen molar-refractivity contribution in [1.82, 2.24) is 0 Å². The number of aliphatic hydroxyl groups excluding tert-OH is 1. The Balaban J connectivity index is 1.98. The lowest BCUT2D eigenvalue weighted by molar-refractivity contribution is 0.110. The lowest BCUT2D eigenvalue weighted by Gasteiger charge is -2.30. The number of hydrogen-bond acceptors (Lipinski definition) is 2. The Labute approximate surface area is 116 Å². The Morgan fingerprint density at radius 2 is 2.00 bits per heavy atom. The minimum absolute atomic E-state index is 0.130. The number of anilines is 1. The van der Waals surface area contributed by atoms with E-state index in [0.29, 0.717) is 11.6 Å². The first kappa shape index (κ1) is 13.8. The van der Waals surface area contributed by atoms with E-state index in [4.69, 9.17) is 0 Å². The molecule has 0 amide bonds. The summed E-state index contributed by atoms with van der Waals surface area (Å²) in [6.07, 6.45) is 3.68. The molecule has 1 aliphatic rings. The summed E-state index contributed by atoms with van der Waals surface area (Å²) in [7, 11) is 1.93. The molecule has 0 radical (unpaired) electrons. The molecule has 0 bridgehead atoms. The molecule has 18 heavy (non-hydrogen) atoms. The molecule has 2 rings (SSSR count). The number of nitrogens with zero attached hydrogens (tertiary/aromatic N) is 1. The van der Waals surface area contributed by atoms with Gasteiger partial charge >= 0.3 is 0 Å². The molecule has 1 aromatic carbocycles. The van der Waals surface area contributed by atoms with Gasteiger partial charge in [0.05, 0.1) is 11.8 Å². The third kappa shape index (κ3) is 3.45. The van der Waals surface area contributed by atoms with Crippen molar-refractivity contribution in [1.29, 1.82) is 0 Å². The van der Waals surface area contributed by atoms with Gasteiger partial charge < -0.3 is 10.0 Å². The van der Waals surface area contributed by atoms with Crippen LogP contribution in [0.25, 0.3) is 0 Å². The van der Waals surface area contributed by atoms with Crippen molar-refractivity contribution in [2.24, 2.45) is 5.92 Å². The maximum absolute atomic E-state index is 13.7. The predicted molar refractivity (Wildman–Crippen MR) is 75.3 cm³/mol. The van der Waals surface area contributed by atoms with Crippen molar-refractivity contribution in [3.8, 4) is 0 Å². The number of halogens is 2. The summed E-state index contributed by atoms with van der Waals surface area (Å²) in [6, 6.07) is 5.01. The van der Waals surface area contributed by atoms with Crippen molar-refractivity contribution in [3.63, 3.8) is 0 Å². The molecule has 100 valence electrons. The molecule has 0 spiro atoms. The fourth-order valence-electron chi connectivity index (χ4n) is 2.59. The highest BCUT2D eigenvalue weighted by molar-refractivity contribution is 9.10. The second-order valence-electron chi connectivity index (χ2n) is 5.15. The summed E-state index contributed by atoms with van der Waals surface area (Å²) in [5.41, 5.74) is 0.635. The quantitative estimate of drug-likeness (QED) is 0.921. The van der Waals surface area contributed by atoms with Crippen LogP contribution in [0, 0.1) is 11.7 Å². The number of rotatable bonds is 3. The van der Waals surface area contributed by atoms with E-state index >= 15 is 0 Å². The molecule has 0 aromatic heterocycles. The van der Waals surface area contributed by atoms with Crippen molar-refractivity contribution < 1.29 is 9.50 Å². The zero-order valence-corrected chi connectivity index (χ0v) is 12.2. The third-order valence-electron chi connectivity index (χ3n) is 3.67. The van der Waals surface area contributed by atoms with E-state index in [1.165, 1.54) is 6.07 Å². The molecule has 1 N–H and O–H groups in total. The molecule has 1 aromatic rings. The lowest BCUT2D eigenvalue weighted by atomic mass is 9.87. The minimum atomic E-state index is -0.184. The van der Waals surface area contributed by atoms with E-state index < -0.39 is 0 Å². The predicted octanol–water partition coefficient (Wildman–Crippen LogP) is 3.58. The van der Waals surface area contributed by atoms with E-state index in [2.05, 4.69) is 15.9 Å². The van der Waals surface area contributed by atoms with Gasteiger partial charge in [-0.15, -0.1) is 0 Å². The highest BCUT2D eigenvalue weighted by atomic mass is 79.9. The second-order valence-corrected chi connectivity index (χ2v) is 6.07. The Morgan fingerprint density at radius 3 is 2.67 bits per heavy atom. The van der Waals surface area contributed by atoms with Gasteiger partial charge in [0.1, 0.15) is 5.82 Å². The monoisotopic (exact) mass is 315 g/mol. The van der Waals surface area contributed by atoms with Crippen molar-refractivity contribution in [2.45, 2.75) is 31.8 Å². The average Bonchev–Trinajstić information content (AvgIpc) is 2.35. The lowest BCUT2D eigenvalue weighted by Crippen LogP contribution is -2.30. The molecular formula is C14H19BrFNO. The first-order valence-corrected chi connectivity index (χ1v) is 7.20. The fourth-order valence-corrected chi connectivity index (χ4v) is 2.94. The Kier molecular flexibility index (Phi) is 4.62. The van der Waals surface area contributed by atoms with Gasteiger partial charge in [-0.3, -0.25) is 0 Å². The summed E-state index contributed by atoms with van der Waals surface area (Å²) in [6.45, 7) is 0.847. The highest BCUT2D eigenvalue weighted by Gasteiger charge is 2.21. The molecule has 0 aliphatic heterocycles. The van der Waals surface area contributed by atoms with Crippen LogP contribution >= 0.6 is 15.9 Å². The van der Waals surface area contributed by atoms with Crippen molar-refractivity contribution >= 4 is 21.6 Å². The number of aliphatic hydroxyl groups is 1. The molecule has 1 aliphatic carbocycles. The van der Waals surface area contributed by atoms with Gasteiger partial charge in [-0.25, -0.2) is 4.39 Å². The molecule has 0 unspecified atom stereocenters. The van der Waals surface area contributed by atoms with Gasteiger partial charge in [-0.2, -0.15) is 0 Å². The van der Waals surface area contributed by atoms with E-state index in [1.807, 2.05) is 18.0 Å². The number of hydrogen-bond donors (Lipinski definition) is 1. The Morgan fingerprint density at radius 1 is 1.33 bits per heavy atom. The van der Waals surface area contributed by atoms with Gasteiger partial charge in [0.2, 0.25) is 0 Å². The number of benzene rings is 1. The largest absolute Gasteiger partial charge is 0.393 e. The summed E-state index contributed by atoms with van der Waals surface area (Å²) in [4.78, 5) is 1.97. The van der Waals surface area contributed by atoms with Crippen LogP contribution in [0.5, 0.6) is 0 Å². The van der Waals surface area contributed by atoms with Gasteiger partial charge in [0, 0.05) is 18.1 Å². The maximum atomic E-state index is 13.7. The molecular weight excluding hydrogens is 297 g/mol. The van der Waals surface area contributed by atoms with Crippen LogP contribution in [0.1, 0.15) is 25.7 Å². The summed E-state index contributed by atoms with van der Waals surface area (Å²) < 4.78 is 14.6. The Hall–Kier alpha value is -0.610. The highest BCUT2D eigenvalue weighted by Crippen LogP contribution is 2.28.